The van der Waals surface area contributed by atoms with Crippen LogP contribution in [-0.2, 0) is 0 Å². The van der Waals surface area contributed by atoms with Gasteiger partial charge in [-0.15, -0.1) is 0 Å². The Hall–Kier alpha value is -4.92. The van der Waals surface area contributed by atoms with Crippen LogP contribution in [0.1, 0.15) is 5.56 Å². The Morgan fingerprint density at radius 2 is 1.76 bits per heavy atom. The summed E-state index contributed by atoms with van der Waals surface area (Å²) in [4.78, 5) is 16.4. The fourth-order valence-corrected chi connectivity index (χ4v) is 3.28. The fourth-order valence-electron chi connectivity index (χ4n) is 3.28. The van der Waals surface area contributed by atoms with E-state index in [1.165, 1.54) is 0 Å². The summed E-state index contributed by atoms with van der Waals surface area (Å²) in [6, 6.07) is 19.7. The molecule has 4 N–H and O–H groups in total. The molecule has 3 aromatic heterocycles. The van der Waals surface area contributed by atoms with E-state index in [2.05, 4.69) is 25.1 Å². The Balaban J connectivity index is 1.62. The molecule has 5 aromatic rings. The Morgan fingerprint density at radius 3 is 2.55 bits per heavy atom. The molecule has 5 rings (SSSR count). The van der Waals surface area contributed by atoms with E-state index in [1.54, 1.807) is 67.1 Å². The van der Waals surface area contributed by atoms with Crippen molar-refractivity contribution in [3.8, 4) is 34.5 Å². The van der Waals surface area contributed by atoms with E-state index in [1.807, 2.05) is 18.2 Å². The van der Waals surface area contributed by atoms with Gasteiger partial charge in [0, 0.05) is 24.5 Å². The molecule has 2 aromatic carbocycles. The van der Waals surface area contributed by atoms with E-state index in [0.29, 0.717) is 45.6 Å². The second kappa shape index (κ2) is 8.67. The first kappa shape index (κ1) is 20.0. The SMILES string of the molecule is N/C(=N/O)c1ccccc1Oc1cc2nc(-c3ccccn3)[nH]c2cc1Oc1cccnc1. The molecule has 0 aliphatic rings. The molecule has 162 valence electrons. The van der Waals surface area contributed by atoms with Crippen LogP contribution in [-0.4, -0.2) is 31.0 Å². The second-order valence-corrected chi connectivity index (χ2v) is 6.99. The zero-order valence-corrected chi connectivity index (χ0v) is 17.2. The predicted octanol–water partition coefficient (Wildman–Crippen LogP) is 4.70. The molecule has 9 nitrogen and oxygen atoms in total. The van der Waals surface area contributed by atoms with Crippen molar-refractivity contribution in [2.24, 2.45) is 10.9 Å². The number of nitrogens with one attached hydrogen (secondary N) is 1. The molecule has 3 heterocycles. The van der Waals surface area contributed by atoms with Gasteiger partial charge in [-0.1, -0.05) is 23.4 Å². The Bertz CT molecular complexity index is 1440. The molecule has 33 heavy (non-hydrogen) atoms. The first-order chi connectivity index (χ1) is 16.2. The zero-order valence-electron chi connectivity index (χ0n) is 17.2. The number of fused-ring (bicyclic) bond motifs is 1. The number of rotatable bonds is 6. The summed E-state index contributed by atoms with van der Waals surface area (Å²) in [6.07, 6.45) is 4.97. The maximum absolute atomic E-state index is 9.14. The van der Waals surface area contributed by atoms with Crippen LogP contribution >= 0.6 is 0 Å². The highest BCUT2D eigenvalue weighted by atomic mass is 16.5. The van der Waals surface area contributed by atoms with Gasteiger partial charge in [0.1, 0.15) is 17.2 Å². The van der Waals surface area contributed by atoms with Gasteiger partial charge in [-0.2, -0.15) is 0 Å². The maximum Gasteiger partial charge on any atom is 0.173 e. The van der Waals surface area contributed by atoms with Gasteiger partial charge in [-0.25, -0.2) is 4.98 Å². The van der Waals surface area contributed by atoms with Crippen molar-refractivity contribution in [3.05, 3.63) is 90.9 Å². The highest BCUT2D eigenvalue weighted by Crippen LogP contribution is 2.39. The third-order valence-electron chi connectivity index (χ3n) is 4.81. The van der Waals surface area contributed by atoms with Crippen LogP contribution in [0.3, 0.4) is 0 Å². The number of benzene rings is 2. The maximum atomic E-state index is 9.14. The monoisotopic (exact) mass is 438 g/mol. The highest BCUT2D eigenvalue weighted by Gasteiger charge is 2.17. The topological polar surface area (TPSA) is 132 Å². The molecule has 9 heteroatoms. The first-order valence-electron chi connectivity index (χ1n) is 9.99. The van der Waals surface area contributed by atoms with Gasteiger partial charge in [0.05, 0.1) is 22.8 Å². The number of ether oxygens (including phenoxy) is 2. The van der Waals surface area contributed by atoms with Crippen LogP contribution < -0.4 is 15.2 Å². The minimum Gasteiger partial charge on any atom is -0.453 e. The molecule has 0 saturated heterocycles. The summed E-state index contributed by atoms with van der Waals surface area (Å²) in [5.41, 5.74) is 8.37. The molecule has 0 atom stereocenters. The van der Waals surface area contributed by atoms with E-state index in [4.69, 9.17) is 20.4 Å². The Kier molecular flexibility index (Phi) is 5.26. The zero-order chi connectivity index (χ0) is 22.6. The van der Waals surface area contributed by atoms with E-state index in [0.717, 1.165) is 5.52 Å². The third kappa shape index (κ3) is 4.15. The number of aromatic nitrogens is 4. The normalized spacial score (nSPS) is 11.5. The Labute approximate surface area is 188 Å². The summed E-state index contributed by atoms with van der Waals surface area (Å²) >= 11 is 0. The van der Waals surface area contributed by atoms with Crippen molar-refractivity contribution in [1.29, 1.82) is 0 Å². The number of oxime groups is 1. The van der Waals surface area contributed by atoms with E-state index in [-0.39, 0.29) is 5.84 Å². The molecule has 0 bridgehead atoms. The van der Waals surface area contributed by atoms with Gasteiger partial charge in [0.15, 0.2) is 23.2 Å². The van der Waals surface area contributed by atoms with Gasteiger partial charge in [-0.05, 0) is 36.4 Å². The van der Waals surface area contributed by atoms with Crippen LogP contribution in [0, 0.1) is 0 Å². The summed E-state index contributed by atoms with van der Waals surface area (Å²) < 4.78 is 12.2. The van der Waals surface area contributed by atoms with Gasteiger partial charge >= 0.3 is 0 Å². The largest absolute Gasteiger partial charge is 0.453 e. The summed E-state index contributed by atoms with van der Waals surface area (Å²) in [6.45, 7) is 0. The number of aromatic amines is 1. The van der Waals surface area contributed by atoms with Crippen molar-refractivity contribution in [1.82, 2.24) is 19.9 Å². The smallest absolute Gasteiger partial charge is 0.173 e. The average Bonchev–Trinajstić information content (AvgIpc) is 3.28. The van der Waals surface area contributed by atoms with Crippen LogP contribution in [0.15, 0.2) is 90.5 Å². The van der Waals surface area contributed by atoms with Crippen molar-refractivity contribution in [2.75, 3.05) is 0 Å². The van der Waals surface area contributed by atoms with Gasteiger partial charge in [0.25, 0.3) is 0 Å². The molecule has 0 aliphatic heterocycles. The van der Waals surface area contributed by atoms with Crippen molar-refractivity contribution in [3.63, 3.8) is 0 Å². The minimum atomic E-state index is -0.0707. The predicted molar refractivity (Wildman–Crippen MR) is 123 cm³/mol. The Morgan fingerprint density at radius 1 is 0.909 bits per heavy atom. The number of H-pyrrole nitrogens is 1. The average molecular weight is 438 g/mol. The highest BCUT2D eigenvalue weighted by molar-refractivity contribution is 5.99. The standard InChI is InChI=1S/C24H18N6O3/c25-23(30-31)16-7-1-2-9-20(16)33-22-13-19-18(12-21(22)32-15-6-5-10-26-14-15)28-24(29-19)17-8-3-4-11-27-17/h1-14,31H,(H2,25,30)(H,28,29). The fraction of sp³-hybridized carbons (Fsp3) is 0. The lowest BCUT2D eigenvalue weighted by Gasteiger charge is -2.14. The van der Waals surface area contributed by atoms with Crippen molar-refractivity contribution in [2.45, 2.75) is 0 Å². The number of hydrogen-bond acceptors (Lipinski definition) is 7. The molecule has 0 radical (unpaired) electrons. The quantitative estimate of drug-likeness (QED) is 0.151. The van der Waals surface area contributed by atoms with Gasteiger partial charge in [0.2, 0.25) is 0 Å². The molecule has 0 amide bonds. The van der Waals surface area contributed by atoms with Crippen LogP contribution in [0.4, 0.5) is 0 Å². The summed E-state index contributed by atoms with van der Waals surface area (Å²) in [7, 11) is 0. The molecular formula is C24H18N6O3. The third-order valence-corrected chi connectivity index (χ3v) is 4.81. The van der Waals surface area contributed by atoms with Crippen LogP contribution in [0.5, 0.6) is 23.0 Å². The number of hydrogen-bond donors (Lipinski definition) is 3. The number of imidazole rings is 1. The number of pyridine rings is 2. The second-order valence-electron chi connectivity index (χ2n) is 6.99. The van der Waals surface area contributed by atoms with E-state index in [9.17, 15) is 0 Å². The summed E-state index contributed by atoms with van der Waals surface area (Å²) in [5, 5.41) is 12.2. The lowest BCUT2D eigenvalue weighted by Crippen LogP contribution is -2.14. The van der Waals surface area contributed by atoms with Crippen molar-refractivity contribution < 1.29 is 14.7 Å². The molecule has 0 fully saturated rings. The number of amidine groups is 1. The minimum absolute atomic E-state index is 0.0707. The lowest BCUT2D eigenvalue weighted by atomic mass is 10.2. The van der Waals surface area contributed by atoms with E-state index < -0.39 is 0 Å². The number of nitrogens with two attached hydrogens (primary N) is 1. The molecule has 0 unspecified atom stereocenters. The number of para-hydroxylation sites is 1. The van der Waals surface area contributed by atoms with Crippen molar-refractivity contribution >= 4 is 16.9 Å². The summed E-state index contributed by atoms with van der Waals surface area (Å²) in [5.74, 6) is 2.30. The van der Waals surface area contributed by atoms with Crippen LogP contribution in [0.25, 0.3) is 22.6 Å². The molecule has 0 aliphatic carbocycles. The van der Waals surface area contributed by atoms with Crippen LogP contribution in [0.2, 0.25) is 0 Å². The van der Waals surface area contributed by atoms with Gasteiger partial charge in [-0.3, -0.25) is 9.97 Å². The lowest BCUT2D eigenvalue weighted by molar-refractivity contribution is 0.318. The first-order valence-corrected chi connectivity index (χ1v) is 9.99. The molecule has 0 spiro atoms. The van der Waals surface area contributed by atoms with E-state index >= 15 is 0 Å². The number of nitrogens with zero attached hydrogens (tertiary/aromatic N) is 4. The molecular weight excluding hydrogens is 420 g/mol. The van der Waals surface area contributed by atoms with Gasteiger partial charge < -0.3 is 25.4 Å². The molecule has 0 saturated carbocycles.